The van der Waals surface area contributed by atoms with Gasteiger partial charge in [-0.1, -0.05) is 68.3 Å². The highest BCUT2D eigenvalue weighted by Crippen LogP contribution is 2.17. The molecule has 0 saturated carbocycles. The van der Waals surface area contributed by atoms with Crippen molar-refractivity contribution in [3.63, 3.8) is 0 Å². The van der Waals surface area contributed by atoms with Crippen LogP contribution >= 0.6 is 0 Å². The van der Waals surface area contributed by atoms with Gasteiger partial charge in [-0.15, -0.1) is 0 Å². The van der Waals surface area contributed by atoms with Crippen LogP contribution in [0, 0.1) is 0 Å². The first-order valence-electron chi connectivity index (χ1n) is 8.88. The maximum Gasteiger partial charge on any atom is 0.251 e. The molecule has 0 bridgehead atoms. The van der Waals surface area contributed by atoms with Gasteiger partial charge in [0.1, 0.15) is 0 Å². The SMILES string of the molecule is CCCCCNC(=O)C[C@@H](NC(=O)c1ccccc1)c1ccccc1. The molecule has 2 aromatic rings. The van der Waals surface area contributed by atoms with E-state index in [1.165, 1.54) is 0 Å². The van der Waals surface area contributed by atoms with Gasteiger partial charge >= 0.3 is 0 Å². The van der Waals surface area contributed by atoms with E-state index in [-0.39, 0.29) is 24.3 Å². The van der Waals surface area contributed by atoms with E-state index in [4.69, 9.17) is 0 Å². The zero-order valence-electron chi connectivity index (χ0n) is 14.7. The Morgan fingerprint density at radius 3 is 2.20 bits per heavy atom. The first-order valence-corrected chi connectivity index (χ1v) is 8.88. The van der Waals surface area contributed by atoms with Crippen LogP contribution in [0.3, 0.4) is 0 Å². The van der Waals surface area contributed by atoms with Crippen molar-refractivity contribution in [2.45, 2.75) is 38.6 Å². The van der Waals surface area contributed by atoms with Crippen LogP contribution in [0.15, 0.2) is 60.7 Å². The van der Waals surface area contributed by atoms with E-state index in [0.717, 1.165) is 24.8 Å². The minimum Gasteiger partial charge on any atom is -0.356 e. The normalized spacial score (nSPS) is 11.6. The summed E-state index contributed by atoms with van der Waals surface area (Å²) < 4.78 is 0. The molecule has 1 atom stereocenters. The second kappa shape index (κ2) is 10.3. The standard InChI is InChI=1S/C21H26N2O2/c1-2-3-10-15-22-20(24)16-19(17-11-6-4-7-12-17)23-21(25)18-13-8-5-9-14-18/h4-9,11-14,19H,2-3,10,15-16H2,1H3,(H,22,24)(H,23,25)/t19-/m1/s1. The molecule has 0 spiro atoms. The Balaban J connectivity index is 2.01. The molecule has 25 heavy (non-hydrogen) atoms. The summed E-state index contributed by atoms with van der Waals surface area (Å²) in [5, 5.41) is 5.92. The van der Waals surface area contributed by atoms with Crippen molar-refractivity contribution in [1.82, 2.24) is 10.6 Å². The molecule has 0 saturated heterocycles. The summed E-state index contributed by atoms with van der Waals surface area (Å²) in [6.07, 6.45) is 3.44. The van der Waals surface area contributed by atoms with Gasteiger partial charge in [-0.3, -0.25) is 9.59 Å². The Kier molecular flexibility index (Phi) is 7.70. The van der Waals surface area contributed by atoms with Crippen LogP contribution in [0.2, 0.25) is 0 Å². The fourth-order valence-corrected chi connectivity index (χ4v) is 2.63. The van der Waals surface area contributed by atoms with Crippen LogP contribution in [-0.4, -0.2) is 18.4 Å². The van der Waals surface area contributed by atoms with Crippen LogP contribution in [0.4, 0.5) is 0 Å². The predicted octanol–water partition coefficient (Wildman–Crippen LogP) is 3.85. The van der Waals surface area contributed by atoms with Crippen molar-refractivity contribution in [2.75, 3.05) is 6.54 Å². The second-order valence-electron chi connectivity index (χ2n) is 6.06. The molecule has 0 aliphatic heterocycles. The van der Waals surface area contributed by atoms with Gasteiger partial charge in [0.15, 0.2) is 0 Å². The lowest BCUT2D eigenvalue weighted by atomic mass is 10.0. The molecule has 2 amide bonds. The lowest BCUT2D eigenvalue weighted by Crippen LogP contribution is -2.34. The summed E-state index contributed by atoms with van der Waals surface area (Å²) >= 11 is 0. The molecule has 0 aliphatic rings. The van der Waals surface area contributed by atoms with Crippen molar-refractivity contribution >= 4 is 11.8 Å². The van der Waals surface area contributed by atoms with Crippen LogP contribution < -0.4 is 10.6 Å². The molecule has 0 heterocycles. The largest absolute Gasteiger partial charge is 0.356 e. The number of amides is 2. The van der Waals surface area contributed by atoms with E-state index in [1.807, 2.05) is 48.5 Å². The molecule has 2 rings (SSSR count). The molecule has 0 radical (unpaired) electrons. The quantitative estimate of drug-likeness (QED) is 0.682. The van der Waals surface area contributed by atoms with Gasteiger partial charge in [-0.2, -0.15) is 0 Å². The maximum absolute atomic E-state index is 12.5. The monoisotopic (exact) mass is 338 g/mol. The van der Waals surface area contributed by atoms with E-state index in [0.29, 0.717) is 12.1 Å². The van der Waals surface area contributed by atoms with Crippen LogP contribution in [0.5, 0.6) is 0 Å². The van der Waals surface area contributed by atoms with Crippen LogP contribution in [0.1, 0.15) is 54.6 Å². The third-order valence-corrected chi connectivity index (χ3v) is 4.04. The fraction of sp³-hybridized carbons (Fsp3) is 0.333. The first-order chi connectivity index (χ1) is 12.2. The molecule has 0 fully saturated rings. The number of hydrogen-bond acceptors (Lipinski definition) is 2. The molecular weight excluding hydrogens is 312 g/mol. The Bertz CT molecular complexity index is 656. The Morgan fingerprint density at radius 1 is 0.920 bits per heavy atom. The molecule has 2 aromatic carbocycles. The number of rotatable bonds is 9. The van der Waals surface area contributed by atoms with Crippen molar-refractivity contribution < 1.29 is 9.59 Å². The van der Waals surface area contributed by atoms with Crippen molar-refractivity contribution in [3.05, 3.63) is 71.8 Å². The fourth-order valence-electron chi connectivity index (χ4n) is 2.63. The van der Waals surface area contributed by atoms with Crippen LogP contribution in [-0.2, 0) is 4.79 Å². The number of carbonyl (C=O) groups excluding carboxylic acids is 2. The van der Waals surface area contributed by atoms with E-state index in [1.54, 1.807) is 12.1 Å². The highest BCUT2D eigenvalue weighted by molar-refractivity contribution is 5.94. The van der Waals surface area contributed by atoms with Gasteiger partial charge in [0.05, 0.1) is 12.5 Å². The minimum atomic E-state index is -0.347. The molecular formula is C21H26N2O2. The van der Waals surface area contributed by atoms with Crippen LogP contribution in [0.25, 0.3) is 0 Å². The lowest BCUT2D eigenvalue weighted by Gasteiger charge is -2.19. The number of unbranched alkanes of at least 4 members (excludes halogenated alkanes) is 2. The zero-order chi connectivity index (χ0) is 17.9. The number of carbonyl (C=O) groups is 2. The summed E-state index contributed by atoms with van der Waals surface area (Å²) in [5.74, 6) is -0.216. The van der Waals surface area contributed by atoms with E-state index >= 15 is 0 Å². The maximum atomic E-state index is 12.5. The lowest BCUT2D eigenvalue weighted by molar-refractivity contribution is -0.121. The van der Waals surface area contributed by atoms with Gasteiger partial charge < -0.3 is 10.6 Å². The van der Waals surface area contributed by atoms with Gasteiger partial charge in [0, 0.05) is 12.1 Å². The third kappa shape index (κ3) is 6.42. The summed E-state index contributed by atoms with van der Waals surface area (Å²) in [7, 11) is 0. The van der Waals surface area contributed by atoms with E-state index in [9.17, 15) is 9.59 Å². The number of hydrogen-bond donors (Lipinski definition) is 2. The van der Waals surface area contributed by atoms with E-state index in [2.05, 4.69) is 17.6 Å². The summed E-state index contributed by atoms with van der Waals surface area (Å²) in [6.45, 7) is 2.81. The van der Waals surface area contributed by atoms with Gasteiger partial charge in [-0.05, 0) is 24.1 Å². The molecule has 0 unspecified atom stereocenters. The minimum absolute atomic E-state index is 0.0432. The van der Waals surface area contributed by atoms with Crippen molar-refractivity contribution in [3.8, 4) is 0 Å². The average Bonchev–Trinajstić information content (AvgIpc) is 2.66. The summed E-state index contributed by atoms with van der Waals surface area (Å²) in [5.41, 5.74) is 1.52. The van der Waals surface area contributed by atoms with Gasteiger partial charge in [0.25, 0.3) is 5.91 Å². The van der Waals surface area contributed by atoms with E-state index < -0.39 is 0 Å². The van der Waals surface area contributed by atoms with Gasteiger partial charge in [-0.25, -0.2) is 0 Å². The predicted molar refractivity (Wildman–Crippen MR) is 100 cm³/mol. The van der Waals surface area contributed by atoms with Crippen molar-refractivity contribution in [2.24, 2.45) is 0 Å². The topological polar surface area (TPSA) is 58.2 Å². The Hall–Kier alpha value is -2.62. The number of nitrogens with one attached hydrogen (secondary N) is 2. The highest BCUT2D eigenvalue weighted by atomic mass is 16.2. The second-order valence-corrected chi connectivity index (χ2v) is 6.06. The highest BCUT2D eigenvalue weighted by Gasteiger charge is 2.18. The zero-order valence-corrected chi connectivity index (χ0v) is 14.7. The third-order valence-electron chi connectivity index (χ3n) is 4.04. The molecule has 0 aliphatic carbocycles. The van der Waals surface area contributed by atoms with Gasteiger partial charge in [0.2, 0.25) is 5.91 Å². The molecule has 4 heteroatoms. The number of benzene rings is 2. The Labute approximate surface area is 149 Å². The average molecular weight is 338 g/mol. The summed E-state index contributed by atoms with van der Waals surface area (Å²) in [6, 6.07) is 18.3. The van der Waals surface area contributed by atoms with Crippen molar-refractivity contribution in [1.29, 1.82) is 0 Å². The Morgan fingerprint density at radius 2 is 1.56 bits per heavy atom. The molecule has 0 aromatic heterocycles. The molecule has 132 valence electrons. The molecule has 4 nitrogen and oxygen atoms in total. The first kappa shape index (κ1) is 18.7. The summed E-state index contributed by atoms with van der Waals surface area (Å²) in [4.78, 5) is 24.7. The smallest absolute Gasteiger partial charge is 0.251 e. The molecule has 2 N–H and O–H groups in total.